The van der Waals surface area contributed by atoms with Gasteiger partial charge in [0, 0.05) is 0 Å². The van der Waals surface area contributed by atoms with Crippen LogP contribution in [-0.2, 0) is 9.47 Å². The number of ether oxygens (including phenoxy) is 2. The zero-order valence-corrected chi connectivity index (χ0v) is 14.0. The molecule has 0 unspecified atom stereocenters. The van der Waals surface area contributed by atoms with Crippen LogP contribution in [0.1, 0.15) is 41.7 Å². The van der Waals surface area contributed by atoms with Crippen LogP contribution in [0, 0.1) is 0 Å². The van der Waals surface area contributed by atoms with Crippen molar-refractivity contribution >= 4 is 39.6 Å². The Hall–Kier alpha value is -2.16. The molecule has 0 aliphatic carbocycles. The van der Waals surface area contributed by atoms with Gasteiger partial charge >= 0.3 is 18.0 Å². The number of carboxylic acids is 1. The lowest BCUT2D eigenvalue weighted by Crippen LogP contribution is -2.28. The third-order valence-corrected chi connectivity index (χ3v) is 2.80. The van der Waals surface area contributed by atoms with Crippen molar-refractivity contribution < 1.29 is 29.0 Å². The van der Waals surface area contributed by atoms with Gasteiger partial charge in [0.1, 0.15) is 5.60 Å². The van der Waals surface area contributed by atoms with E-state index < -0.39 is 23.6 Å². The Morgan fingerprint density at radius 3 is 2.32 bits per heavy atom. The average molecular weight is 375 g/mol. The molecule has 0 saturated carbocycles. The summed E-state index contributed by atoms with van der Waals surface area (Å²) in [6, 6.07) is 1.24. The Labute approximate surface area is 134 Å². The van der Waals surface area contributed by atoms with Crippen LogP contribution >= 0.6 is 15.9 Å². The number of carbonyl (C=O) groups is 3. The van der Waals surface area contributed by atoms with Gasteiger partial charge in [-0.3, -0.25) is 5.32 Å². The SMILES string of the molecule is COC(=O)c1nc(C(=O)O)c(Br)cc1NC(=O)OC(C)(C)C. The molecule has 0 fully saturated rings. The smallest absolute Gasteiger partial charge is 0.412 e. The van der Waals surface area contributed by atoms with Crippen LogP contribution in [0.3, 0.4) is 0 Å². The monoisotopic (exact) mass is 374 g/mol. The molecule has 2 N–H and O–H groups in total. The van der Waals surface area contributed by atoms with Gasteiger partial charge in [0.2, 0.25) is 0 Å². The number of carbonyl (C=O) groups excluding carboxylic acids is 2. The van der Waals surface area contributed by atoms with E-state index in [0.29, 0.717) is 0 Å². The molecule has 0 radical (unpaired) electrons. The Morgan fingerprint density at radius 1 is 1.27 bits per heavy atom. The van der Waals surface area contributed by atoms with Gasteiger partial charge in [-0.1, -0.05) is 0 Å². The van der Waals surface area contributed by atoms with Crippen molar-refractivity contribution in [2.45, 2.75) is 26.4 Å². The zero-order chi connectivity index (χ0) is 17.1. The molecule has 1 aromatic rings. The van der Waals surface area contributed by atoms with Crippen LogP contribution in [0.5, 0.6) is 0 Å². The summed E-state index contributed by atoms with van der Waals surface area (Å²) in [6.07, 6.45) is -0.811. The van der Waals surface area contributed by atoms with E-state index in [-0.39, 0.29) is 21.5 Å². The number of carboxylic acid groups (broad SMARTS) is 1. The number of aromatic carboxylic acids is 1. The first kappa shape index (κ1) is 17.9. The molecule has 120 valence electrons. The fourth-order valence-electron chi connectivity index (χ4n) is 1.40. The maximum atomic E-state index is 11.8. The Kier molecular flexibility index (Phi) is 5.48. The first-order chi connectivity index (χ1) is 10.0. The summed E-state index contributed by atoms with van der Waals surface area (Å²) in [5.74, 6) is -2.22. The number of nitrogens with zero attached hydrogens (tertiary/aromatic N) is 1. The Morgan fingerprint density at radius 2 is 1.86 bits per heavy atom. The molecule has 0 aliphatic heterocycles. The van der Waals surface area contributed by atoms with Crippen LogP contribution in [0.15, 0.2) is 10.5 Å². The number of amides is 1. The van der Waals surface area contributed by atoms with Crippen LogP contribution in [0.4, 0.5) is 10.5 Å². The van der Waals surface area contributed by atoms with Crippen molar-refractivity contribution in [2.24, 2.45) is 0 Å². The predicted octanol–water partition coefficient (Wildman–Crippen LogP) is 2.68. The van der Waals surface area contributed by atoms with Gasteiger partial charge in [0.25, 0.3) is 0 Å². The number of methoxy groups -OCH3 is 1. The highest BCUT2D eigenvalue weighted by atomic mass is 79.9. The second kappa shape index (κ2) is 6.73. The van der Waals surface area contributed by atoms with Gasteiger partial charge in [0.05, 0.1) is 17.3 Å². The number of hydrogen-bond acceptors (Lipinski definition) is 6. The van der Waals surface area contributed by atoms with Crippen LogP contribution in [0.25, 0.3) is 0 Å². The zero-order valence-electron chi connectivity index (χ0n) is 12.4. The second-order valence-electron chi connectivity index (χ2n) is 5.14. The first-order valence-electron chi connectivity index (χ1n) is 6.07. The van der Waals surface area contributed by atoms with E-state index in [1.807, 2.05) is 0 Å². The number of anilines is 1. The molecule has 0 spiro atoms. The molecule has 1 rings (SSSR count). The number of aromatic nitrogens is 1. The molecule has 0 aliphatic rings. The van der Waals surface area contributed by atoms with E-state index in [1.165, 1.54) is 6.07 Å². The highest BCUT2D eigenvalue weighted by molar-refractivity contribution is 9.10. The lowest BCUT2D eigenvalue weighted by Gasteiger charge is -2.20. The molecule has 0 bridgehead atoms. The number of esters is 1. The number of hydrogen-bond donors (Lipinski definition) is 2. The molecule has 0 atom stereocenters. The van der Waals surface area contributed by atoms with Crippen molar-refractivity contribution in [2.75, 3.05) is 12.4 Å². The third kappa shape index (κ3) is 4.69. The molecular formula is C13H15BrN2O6. The highest BCUT2D eigenvalue weighted by Crippen LogP contribution is 2.24. The molecule has 9 heteroatoms. The third-order valence-electron chi connectivity index (χ3n) is 2.19. The number of nitrogens with one attached hydrogen (secondary N) is 1. The van der Waals surface area contributed by atoms with Crippen LogP contribution in [-0.4, -0.2) is 40.8 Å². The largest absolute Gasteiger partial charge is 0.476 e. The van der Waals surface area contributed by atoms with Gasteiger partial charge in [-0.05, 0) is 42.8 Å². The van der Waals surface area contributed by atoms with Gasteiger partial charge < -0.3 is 14.6 Å². The van der Waals surface area contributed by atoms with E-state index in [1.54, 1.807) is 20.8 Å². The van der Waals surface area contributed by atoms with Crippen molar-refractivity contribution in [3.05, 3.63) is 21.9 Å². The summed E-state index contributed by atoms with van der Waals surface area (Å²) in [6.45, 7) is 5.03. The maximum absolute atomic E-state index is 11.8. The molecule has 8 nitrogen and oxygen atoms in total. The van der Waals surface area contributed by atoms with Gasteiger partial charge in [-0.25, -0.2) is 19.4 Å². The molecule has 0 saturated heterocycles. The normalized spacial score (nSPS) is 10.8. The Bertz CT molecular complexity index is 624. The molecule has 1 amide bonds. The Balaban J connectivity index is 3.23. The van der Waals surface area contributed by atoms with Crippen molar-refractivity contribution in [3.63, 3.8) is 0 Å². The van der Waals surface area contributed by atoms with E-state index >= 15 is 0 Å². The van der Waals surface area contributed by atoms with Crippen molar-refractivity contribution in [3.8, 4) is 0 Å². The van der Waals surface area contributed by atoms with Crippen LogP contribution in [0.2, 0.25) is 0 Å². The summed E-state index contributed by atoms with van der Waals surface area (Å²) >= 11 is 3.02. The molecular weight excluding hydrogens is 360 g/mol. The van der Waals surface area contributed by atoms with E-state index in [4.69, 9.17) is 9.84 Å². The van der Waals surface area contributed by atoms with Crippen LogP contribution < -0.4 is 5.32 Å². The van der Waals surface area contributed by atoms with E-state index in [9.17, 15) is 14.4 Å². The minimum atomic E-state index is -1.33. The van der Waals surface area contributed by atoms with E-state index in [0.717, 1.165) is 7.11 Å². The summed E-state index contributed by atoms with van der Waals surface area (Å²) < 4.78 is 9.69. The topological polar surface area (TPSA) is 115 Å². The number of halogens is 1. The lowest BCUT2D eigenvalue weighted by molar-refractivity contribution is 0.0594. The lowest BCUT2D eigenvalue weighted by atomic mass is 10.2. The van der Waals surface area contributed by atoms with Gasteiger partial charge in [-0.2, -0.15) is 0 Å². The summed E-state index contributed by atoms with van der Waals surface area (Å²) in [5.41, 5.74) is -1.48. The van der Waals surface area contributed by atoms with Crippen molar-refractivity contribution in [1.29, 1.82) is 0 Å². The van der Waals surface area contributed by atoms with Gasteiger partial charge in [-0.15, -0.1) is 0 Å². The van der Waals surface area contributed by atoms with Crippen molar-refractivity contribution in [1.82, 2.24) is 4.98 Å². The minimum absolute atomic E-state index is 0.0297. The number of rotatable bonds is 3. The maximum Gasteiger partial charge on any atom is 0.412 e. The van der Waals surface area contributed by atoms with E-state index in [2.05, 4.69) is 31.0 Å². The quantitative estimate of drug-likeness (QED) is 0.781. The highest BCUT2D eigenvalue weighted by Gasteiger charge is 2.23. The predicted molar refractivity (Wildman–Crippen MR) is 80.1 cm³/mol. The molecule has 22 heavy (non-hydrogen) atoms. The average Bonchev–Trinajstić information content (AvgIpc) is 2.35. The standard InChI is InChI=1S/C13H15BrN2O6/c1-13(2,3)22-12(20)15-7-5-6(14)8(10(17)18)16-9(7)11(19)21-4/h5H,1-4H3,(H,15,20)(H,17,18). The summed E-state index contributed by atoms with van der Waals surface area (Å²) in [5, 5.41) is 11.4. The second-order valence-corrected chi connectivity index (χ2v) is 5.99. The summed E-state index contributed by atoms with van der Waals surface area (Å²) in [7, 11) is 1.11. The molecule has 1 aromatic heterocycles. The number of pyridine rings is 1. The fourth-order valence-corrected chi connectivity index (χ4v) is 1.89. The molecule has 0 aromatic carbocycles. The first-order valence-corrected chi connectivity index (χ1v) is 6.86. The molecule has 1 heterocycles. The minimum Gasteiger partial charge on any atom is -0.476 e. The summed E-state index contributed by atoms with van der Waals surface area (Å²) in [4.78, 5) is 38.2. The fraction of sp³-hybridized carbons (Fsp3) is 0.385. The van der Waals surface area contributed by atoms with Gasteiger partial charge in [0.15, 0.2) is 11.4 Å².